The molecule has 2 atom stereocenters. The number of esters is 1. The Labute approximate surface area is 117 Å². The van der Waals surface area contributed by atoms with Crippen LogP contribution in [0.1, 0.15) is 6.92 Å². The monoisotopic (exact) mass is 270 g/mol. The van der Waals surface area contributed by atoms with Gasteiger partial charge >= 0.3 is 5.97 Å². The van der Waals surface area contributed by atoms with Gasteiger partial charge in [-0.1, -0.05) is 18.2 Å². The molecular formula is C14H14N4O2. The zero-order chi connectivity index (χ0) is 14.5. The molecule has 0 saturated carbocycles. The molecule has 2 unspecified atom stereocenters. The van der Waals surface area contributed by atoms with Gasteiger partial charge in [-0.25, -0.2) is 9.80 Å². The fraction of sp³-hybridized carbons (Fsp3) is 0.286. The molecule has 102 valence electrons. The first kappa shape index (κ1) is 13.7. The van der Waals surface area contributed by atoms with Crippen molar-refractivity contribution in [1.29, 1.82) is 5.26 Å². The first-order valence-corrected chi connectivity index (χ1v) is 6.18. The molecule has 0 aromatic heterocycles. The van der Waals surface area contributed by atoms with Crippen molar-refractivity contribution in [3.05, 3.63) is 30.3 Å². The SMILES string of the molecule is C=NC1C(C(=O)OCC)=NN(c2ccccc2)C1C#N. The number of aliphatic imine (C=N–C) groups is 1. The van der Waals surface area contributed by atoms with Gasteiger partial charge in [-0.05, 0) is 25.8 Å². The van der Waals surface area contributed by atoms with Gasteiger partial charge in [-0.2, -0.15) is 10.4 Å². The van der Waals surface area contributed by atoms with E-state index in [1.54, 1.807) is 6.92 Å². The van der Waals surface area contributed by atoms with Crippen LogP contribution >= 0.6 is 0 Å². The molecule has 6 nitrogen and oxygen atoms in total. The second-order valence-electron chi connectivity index (χ2n) is 4.09. The maximum Gasteiger partial charge on any atom is 0.356 e. The Morgan fingerprint density at radius 2 is 2.25 bits per heavy atom. The molecule has 6 heteroatoms. The zero-order valence-electron chi connectivity index (χ0n) is 11.1. The third kappa shape index (κ3) is 2.38. The summed E-state index contributed by atoms with van der Waals surface area (Å²) in [5, 5.41) is 15.0. The van der Waals surface area contributed by atoms with Crippen LogP contribution < -0.4 is 5.01 Å². The minimum atomic E-state index is -0.709. The minimum Gasteiger partial charge on any atom is -0.461 e. The average molecular weight is 270 g/mol. The van der Waals surface area contributed by atoms with E-state index in [-0.39, 0.29) is 12.3 Å². The normalized spacial score (nSPS) is 21.0. The van der Waals surface area contributed by atoms with Gasteiger partial charge in [-0.15, -0.1) is 0 Å². The van der Waals surface area contributed by atoms with Crippen LogP contribution in [0.25, 0.3) is 0 Å². The first-order chi connectivity index (χ1) is 9.72. The molecule has 2 rings (SSSR count). The molecule has 1 aliphatic rings. The standard InChI is InChI=1S/C14H14N4O2/c1-3-20-14(19)13-12(16-2)11(9-15)18(17-13)10-7-5-4-6-8-10/h4-8,11-12H,2-3H2,1H3. The van der Waals surface area contributed by atoms with Crippen molar-refractivity contribution >= 4 is 24.1 Å². The van der Waals surface area contributed by atoms with Gasteiger partial charge in [0, 0.05) is 0 Å². The van der Waals surface area contributed by atoms with E-state index < -0.39 is 18.1 Å². The first-order valence-electron chi connectivity index (χ1n) is 6.18. The number of ether oxygens (including phenoxy) is 1. The number of benzene rings is 1. The van der Waals surface area contributed by atoms with Crippen LogP contribution in [0.4, 0.5) is 5.69 Å². The number of rotatable bonds is 4. The van der Waals surface area contributed by atoms with E-state index in [1.807, 2.05) is 30.3 Å². The van der Waals surface area contributed by atoms with E-state index in [1.165, 1.54) is 5.01 Å². The van der Waals surface area contributed by atoms with E-state index >= 15 is 0 Å². The summed E-state index contributed by atoms with van der Waals surface area (Å²) in [6.45, 7) is 5.39. The Kier molecular flexibility index (Phi) is 4.11. The fourth-order valence-corrected chi connectivity index (χ4v) is 2.00. The van der Waals surface area contributed by atoms with Gasteiger partial charge in [0.15, 0.2) is 11.8 Å². The number of nitriles is 1. The summed E-state index contributed by atoms with van der Waals surface area (Å²) in [5.74, 6) is -0.566. The van der Waals surface area contributed by atoms with Gasteiger partial charge in [-0.3, -0.25) is 4.99 Å². The third-order valence-electron chi connectivity index (χ3n) is 2.89. The molecule has 0 radical (unpaired) electrons. The van der Waals surface area contributed by atoms with Gasteiger partial charge in [0.1, 0.15) is 6.04 Å². The summed E-state index contributed by atoms with van der Waals surface area (Å²) in [6.07, 6.45) is 0. The molecule has 20 heavy (non-hydrogen) atoms. The number of carbonyl (C=O) groups is 1. The van der Waals surface area contributed by atoms with Gasteiger partial charge in [0.25, 0.3) is 0 Å². The molecule has 1 aliphatic heterocycles. The second-order valence-corrected chi connectivity index (χ2v) is 4.09. The van der Waals surface area contributed by atoms with Gasteiger partial charge < -0.3 is 4.74 Å². The molecule has 0 bridgehead atoms. The van der Waals surface area contributed by atoms with Crippen molar-refractivity contribution in [3.63, 3.8) is 0 Å². The molecule has 0 N–H and O–H groups in total. The lowest BCUT2D eigenvalue weighted by atomic mass is 10.1. The lowest BCUT2D eigenvalue weighted by Crippen LogP contribution is -2.37. The highest BCUT2D eigenvalue weighted by atomic mass is 16.5. The maximum absolute atomic E-state index is 11.9. The Balaban J connectivity index is 2.39. The van der Waals surface area contributed by atoms with Crippen molar-refractivity contribution in [2.24, 2.45) is 10.1 Å². The van der Waals surface area contributed by atoms with Crippen molar-refractivity contribution < 1.29 is 9.53 Å². The van der Waals surface area contributed by atoms with Crippen molar-refractivity contribution in [2.45, 2.75) is 19.0 Å². The predicted octanol–water partition coefficient (Wildman–Crippen LogP) is 1.39. The smallest absolute Gasteiger partial charge is 0.356 e. The Hall–Kier alpha value is -2.68. The summed E-state index contributed by atoms with van der Waals surface area (Å²) < 4.78 is 4.94. The van der Waals surface area contributed by atoms with E-state index in [0.717, 1.165) is 0 Å². The Morgan fingerprint density at radius 1 is 1.55 bits per heavy atom. The van der Waals surface area contributed by atoms with E-state index in [9.17, 15) is 10.1 Å². The van der Waals surface area contributed by atoms with Gasteiger partial charge in [0.2, 0.25) is 0 Å². The maximum atomic E-state index is 11.9. The van der Waals surface area contributed by atoms with Crippen LogP contribution in [0.2, 0.25) is 0 Å². The third-order valence-corrected chi connectivity index (χ3v) is 2.89. The highest BCUT2D eigenvalue weighted by Gasteiger charge is 2.41. The summed E-state index contributed by atoms with van der Waals surface area (Å²) in [4.78, 5) is 15.7. The Bertz CT molecular complexity index is 577. The van der Waals surface area contributed by atoms with Crippen molar-refractivity contribution in [2.75, 3.05) is 11.6 Å². The van der Waals surface area contributed by atoms with Crippen molar-refractivity contribution in [3.8, 4) is 6.07 Å². The molecule has 0 saturated heterocycles. The fourth-order valence-electron chi connectivity index (χ4n) is 2.00. The Morgan fingerprint density at radius 3 is 2.80 bits per heavy atom. The average Bonchev–Trinajstić information content (AvgIpc) is 2.87. The number of hydrogen-bond donors (Lipinski definition) is 0. The number of anilines is 1. The predicted molar refractivity (Wildman–Crippen MR) is 75.7 cm³/mol. The molecular weight excluding hydrogens is 256 g/mol. The number of hydrazone groups is 1. The molecule has 0 spiro atoms. The highest BCUT2D eigenvalue weighted by Crippen LogP contribution is 2.26. The minimum absolute atomic E-state index is 0.109. The lowest BCUT2D eigenvalue weighted by molar-refractivity contribution is -0.135. The number of nitrogens with zero attached hydrogens (tertiary/aromatic N) is 4. The molecule has 1 aromatic rings. The molecule has 0 amide bonds. The van der Waals surface area contributed by atoms with Crippen molar-refractivity contribution in [1.82, 2.24) is 0 Å². The van der Waals surface area contributed by atoms with E-state index in [2.05, 4.69) is 22.9 Å². The van der Waals surface area contributed by atoms with Crippen LogP contribution in [0.3, 0.4) is 0 Å². The summed E-state index contributed by atoms with van der Waals surface area (Å²) in [6, 6.07) is 9.84. The van der Waals surface area contributed by atoms with Crippen LogP contribution in [0.15, 0.2) is 40.4 Å². The van der Waals surface area contributed by atoms with Crippen LogP contribution in [0.5, 0.6) is 0 Å². The van der Waals surface area contributed by atoms with Crippen LogP contribution in [-0.2, 0) is 9.53 Å². The highest BCUT2D eigenvalue weighted by molar-refractivity contribution is 6.40. The molecule has 1 heterocycles. The largest absolute Gasteiger partial charge is 0.461 e. The summed E-state index contributed by atoms with van der Waals surface area (Å²) in [7, 11) is 0. The van der Waals surface area contributed by atoms with Crippen LogP contribution in [0, 0.1) is 11.3 Å². The summed E-state index contributed by atoms with van der Waals surface area (Å²) >= 11 is 0. The number of carbonyl (C=O) groups excluding carboxylic acids is 1. The zero-order valence-corrected chi connectivity index (χ0v) is 11.1. The van der Waals surface area contributed by atoms with E-state index in [4.69, 9.17) is 4.74 Å². The summed E-state index contributed by atoms with van der Waals surface area (Å²) in [5.41, 5.74) is 0.823. The molecule has 1 aromatic carbocycles. The van der Waals surface area contributed by atoms with Gasteiger partial charge in [0.05, 0.1) is 18.4 Å². The quantitative estimate of drug-likeness (QED) is 0.611. The topological polar surface area (TPSA) is 78.0 Å². The van der Waals surface area contributed by atoms with Crippen LogP contribution in [-0.4, -0.2) is 37.1 Å². The number of hydrogen-bond acceptors (Lipinski definition) is 6. The second kappa shape index (κ2) is 5.97. The lowest BCUT2D eigenvalue weighted by Gasteiger charge is -2.19. The molecule has 0 fully saturated rings. The van der Waals surface area contributed by atoms with E-state index in [0.29, 0.717) is 5.69 Å². The molecule has 0 aliphatic carbocycles. The number of para-hydroxylation sites is 1.